The Bertz CT molecular complexity index is 811. The number of hydrogen-bond acceptors (Lipinski definition) is 4. The molecule has 0 radical (unpaired) electrons. The molecule has 3 aromatic rings. The highest BCUT2D eigenvalue weighted by Gasteiger charge is 2.12. The SMILES string of the molecule is CN=C(NCc1sccc1C)NCC(O)c1cc2ccccc2s1.I. The van der Waals surface area contributed by atoms with E-state index in [1.165, 1.54) is 20.5 Å². The van der Waals surface area contributed by atoms with Crippen LogP contribution in [0.1, 0.15) is 21.4 Å². The summed E-state index contributed by atoms with van der Waals surface area (Å²) in [6, 6.07) is 12.3. The number of rotatable bonds is 5. The molecule has 1 unspecified atom stereocenters. The Morgan fingerprint density at radius 3 is 2.72 bits per heavy atom. The number of thiophene rings is 2. The van der Waals surface area contributed by atoms with Crippen LogP contribution < -0.4 is 10.6 Å². The number of hydrogen-bond donors (Lipinski definition) is 3. The first kappa shape index (κ1) is 20.2. The zero-order chi connectivity index (χ0) is 16.9. The van der Waals surface area contributed by atoms with Gasteiger partial charge >= 0.3 is 0 Å². The standard InChI is InChI=1S/C18H21N3OS2.HI/c1-12-7-8-23-17(12)11-21-18(19-2)20-10-14(22)16-9-13-5-3-4-6-15(13)24-16;/h3-9,14,22H,10-11H2,1-2H3,(H2,19,20,21);1H. The van der Waals surface area contributed by atoms with Crippen molar-refractivity contribution in [3.8, 4) is 0 Å². The Morgan fingerprint density at radius 2 is 2.04 bits per heavy atom. The van der Waals surface area contributed by atoms with Crippen LogP contribution in [-0.2, 0) is 6.54 Å². The molecule has 3 N–H and O–H groups in total. The van der Waals surface area contributed by atoms with Crippen LogP contribution in [0.4, 0.5) is 0 Å². The van der Waals surface area contributed by atoms with E-state index in [-0.39, 0.29) is 24.0 Å². The molecular weight excluding hydrogens is 465 g/mol. The maximum Gasteiger partial charge on any atom is 0.191 e. The van der Waals surface area contributed by atoms with Crippen LogP contribution in [0.25, 0.3) is 10.1 Å². The van der Waals surface area contributed by atoms with E-state index in [4.69, 9.17) is 0 Å². The van der Waals surface area contributed by atoms with Gasteiger partial charge in [-0.3, -0.25) is 4.99 Å². The second kappa shape index (κ2) is 9.51. The van der Waals surface area contributed by atoms with Gasteiger partial charge in [-0.1, -0.05) is 18.2 Å². The van der Waals surface area contributed by atoms with Gasteiger partial charge in [0.05, 0.1) is 6.54 Å². The van der Waals surface area contributed by atoms with Gasteiger partial charge in [0.25, 0.3) is 0 Å². The predicted octanol–water partition coefficient (Wildman–Crippen LogP) is 4.29. The topological polar surface area (TPSA) is 56.7 Å². The second-order valence-electron chi connectivity index (χ2n) is 5.54. The Labute approximate surface area is 173 Å². The van der Waals surface area contributed by atoms with Crippen LogP contribution in [0.2, 0.25) is 0 Å². The van der Waals surface area contributed by atoms with E-state index >= 15 is 0 Å². The smallest absolute Gasteiger partial charge is 0.191 e. The number of aryl methyl sites for hydroxylation is 1. The van der Waals surface area contributed by atoms with E-state index in [0.717, 1.165) is 11.4 Å². The molecule has 0 saturated carbocycles. The quantitative estimate of drug-likeness (QED) is 0.286. The van der Waals surface area contributed by atoms with Gasteiger partial charge in [-0.25, -0.2) is 0 Å². The molecule has 0 aliphatic rings. The molecule has 2 aromatic heterocycles. The van der Waals surface area contributed by atoms with Crippen molar-refractivity contribution in [3.05, 3.63) is 57.1 Å². The number of aliphatic hydroxyl groups excluding tert-OH is 1. The number of nitrogens with zero attached hydrogens (tertiary/aromatic N) is 1. The Hall–Kier alpha value is -1.16. The normalized spacial score (nSPS) is 12.7. The highest BCUT2D eigenvalue weighted by Crippen LogP contribution is 2.29. The lowest BCUT2D eigenvalue weighted by atomic mass is 10.2. The van der Waals surface area contributed by atoms with Crippen molar-refractivity contribution in [3.63, 3.8) is 0 Å². The van der Waals surface area contributed by atoms with Gasteiger partial charge < -0.3 is 15.7 Å². The number of guanidine groups is 1. The summed E-state index contributed by atoms with van der Waals surface area (Å²) in [4.78, 5) is 6.48. The molecule has 1 aromatic carbocycles. The molecule has 0 spiro atoms. The molecule has 4 nitrogen and oxygen atoms in total. The molecule has 0 fully saturated rings. The van der Waals surface area contributed by atoms with Crippen LogP contribution >= 0.6 is 46.7 Å². The molecule has 0 saturated heterocycles. The van der Waals surface area contributed by atoms with Gasteiger partial charge in [-0.2, -0.15) is 0 Å². The zero-order valence-electron chi connectivity index (χ0n) is 14.2. The average molecular weight is 487 g/mol. The molecule has 7 heteroatoms. The summed E-state index contributed by atoms with van der Waals surface area (Å²) in [5.74, 6) is 0.697. The first-order chi connectivity index (χ1) is 11.7. The van der Waals surface area contributed by atoms with E-state index in [0.29, 0.717) is 12.5 Å². The number of fused-ring (bicyclic) bond motifs is 1. The maximum atomic E-state index is 10.4. The lowest BCUT2D eigenvalue weighted by Gasteiger charge is -2.14. The van der Waals surface area contributed by atoms with E-state index in [2.05, 4.69) is 52.2 Å². The largest absolute Gasteiger partial charge is 0.386 e. The number of halogens is 1. The summed E-state index contributed by atoms with van der Waals surface area (Å²) in [7, 11) is 1.74. The monoisotopic (exact) mass is 487 g/mol. The first-order valence-electron chi connectivity index (χ1n) is 7.81. The van der Waals surface area contributed by atoms with Crippen molar-refractivity contribution >= 4 is 62.7 Å². The lowest BCUT2D eigenvalue weighted by molar-refractivity contribution is 0.184. The fraction of sp³-hybridized carbons (Fsp3) is 0.278. The van der Waals surface area contributed by atoms with Crippen molar-refractivity contribution in [2.45, 2.75) is 19.6 Å². The zero-order valence-corrected chi connectivity index (χ0v) is 18.1. The van der Waals surface area contributed by atoms with Gasteiger partial charge in [-0.15, -0.1) is 46.7 Å². The predicted molar refractivity (Wildman–Crippen MR) is 119 cm³/mol. The van der Waals surface area contributed by atoms with E-state index in [1.807, 2.05) is 12.1 Å². The summed E-state index contributed by atoms with van der Waals surface area (Å²) >= 11 is 3.36. The molecule has 2 heterocycles. The molecule has 0 bridgehead atoms. The van der Waals surface area contributed by atoms with Crippen molar-refractivity contribution in [2.75, 3.05) is 13.6 Å². The number of aliphatic hydroxyl groups is 1. The Morgan fingerprint density at radius 1 is 1.24 bits per heavy atom. The van der Waals surface area contributed by atoms with Crippen LogP contribution in [0.3, 0.4) is 0 Å². The second-order valence-corrected chi connectivity index (χ2v) is 7.65. The Kier molecular flexibility index (Phi) is 7.67. The van der Waals surface area contributed by atoms with Crippen LogP contribution in [0.15, 0.2) is 46.8 Å². The molecule has 0 amide bonds. The fourth-order valence-electron chi connectivity index (χ4n) is 2.43. The summed E-state index contributed by atoms with van der Waals surface area (Å²) in [5, 5.41) is 20.2. The number of aliphatic imine (C=N–C) groups is 1. The minimum Gasteiger partial charge on any atom is -0.386 e. The fourth-order valence-corrected chi connectivity index (χ4v) is 4.33. The highest BCUT2D eigenvalue weighted by molar-refractivity contribution is 14.0. The third kappa shape index (κ3) is 5.16. The Balaban J connectivity index is 0.00000225. The summed E-state index contributed by atoms with van der Waals surface area (Å²) in [6.07, 6.45) is -0.551. The summed E-state index contributed by atoms with van der Waals surface area (Å²) in [5.41, 5.74) is 1.29. The van der Waals surface area contributed by atoms with Gasteiger partial charge in [0.1, 0.15) is 6.10 Å². The molecule has 134 valence electrons. The van der Waals surface area contributed by atoms with E-state index < -0.39 is 6.10 Å². The van der Waals surface area contributed by atoms with Gasteiger partial charge in [0, 0.05) is 28.0 Å². The average Bonchev–Trinajstić information content (AvgIpc) is 3.20. The minimum absolute atomic E-state index is 0. The molecular formula is C18H22IN3OS2. The molecule has 3 rings (SSSR count). The molecule has 0 aliphatic carbocycles. The van der Waals surface area contributed by atoms with E-state index in [1.54, 1.807) is 29.7 Å². The van der Waals surface area contributed by atoms with Gasteiger partial charge in [-0.05, 0) is 41.5 Å². The molecule has 25 heavy (non-hydrogen) atoms. The third-order valence-corrected chi connectivity index (χ3v) is 6.08. The van der Waals surface area contributed by atoms with Gasteiger partial charge in [0.2, 0.25) is 0 Å². The van der Waals surface area contributed by atoms with Crippen LogP contribution in [-0.4, -0.2) is 24.7 Å². The van der Waals surface area contributed by atoms with Crippen molar-refractivity contribution in [1.29, 1.82) is 0 Å². The summed E-state index contributed by atoms with van der Waals surface area (Å²) in [6.45, 7) is 3.27. The molecule has 0 aliphatic heterocycles. The van der Waals surface area contributed by atoms with Crippen LogP contribution in [0, 0.1) is 6.92 Å². The minimum atomic E-state index is -0.551. The summed E-state index contributed by atoms with van der Waals surface area (Å²) < 4.78 is 1.20. The number of benzene rings is 1. The first-order valence-corrected chi connectivity index (χ1v) is 9.51. The van der Waals surface area contributed by atoms with Crippen molar-refractivity contribution in [2.24, 2.45) is 4.99 Å². The van der Waals surface area contributed by atoms with E-state index in [9.17, 15) is 5.11 Å². The van der Waals surface area contributed by atoms with Crippen molar-refractivity contribution < 1.29 is 5.11 Å². The molecule has 1 atom stereocenters. The lowest BCUT2D eigenvalue weighted by Crippen LogP contribution is -2.38. The third-order valence-electron chi connectivity index (χ3n) is 3.84. The van der Waals surface area contributed by atoms with Crippen LogP contribution in [0.5, 0.6) is 0 Å². The highest BCUT2D eigenvalue weighted by atomic mass is 127. The number of nitrogens with one attached hydrogen (secondary N) is 2. The van der Waals surface area contributed by atoms with Crippen molar-refractivity contribution in [1.82, 2.24) is 10.6 Å². The maximum absolute atomic E-state index is 10.4. The van der Waals surface area contributed by atoms with Gasteiger partial charge in [0.15, 0.2) is 5.96 Å².